The van der Waals surface area contributed by atoms with Gasteiger partial charge in [0.1, 0.15) is 0 Å². The molecule has 0 saturated carbocycles. The Morgan fingerprint density at radius 2 is 2.20 bits per heavy atom. The summed E-state index contributed by atoms with van der Waals surface area (Å²) in [7, 11) is 0. The van der Waals surface area contributed by atoms with Crippen LogP contribution in [0.1, 0.15) is 12.0 Å². The Morgan fingerprint density at radius 3 is 3.05 bits per heavy atom. The lowest BCUT2D eigenvalue weighted by Gasteiger charge is -2.10. The summed E-state index contributed by atoms with van der Waals surface area (Å²) in [6.45, 7) is 5.82. The zero-order valence-corrected chi connectivity index (χ0v) is 12.0. The van der Waals surface area contributed by atoms with Crippen LogP contribution in [0.4, 0.5) is 0 Å². The quantitative estimate of drug-likeness (QED) is 0.455. The highest BCUT2D eigenvalue weighted by atomic mass is 32.1. The van der Waals surface area contributed by atoms with E-state index in [0.29, 0.717) is 25.1 Å². The van der Waals surface area contributed by atoms with E-state index >= 15 is 0 Å². The maximum Gasteiger partial charge on any atom is 0.231 e. The molecule has 0 amide bonds. The van der Waals surface area contributed by atoms with Gasteiger partial charge in [0, 0.05) is 13.1 Å². The standard InChI is InChI=1S/C14H18N2O3S/c1-2-17-7-3-6-15-14(20)16-9-11-4-5-12-13(8-11)19-10-18-12/h2,4-5,8H,1,3,6-7,9-10H2,(H2,15,16,20). The van der Waals surface area contributed by atoms with Crippen LogP contribution in [-0.4, -0.2) is 25.1 Å². The Kier molecular flexibility index (Phi) is 5.49. The van der Waals surface area contributed by atoms with Crippen molar-refractivity contribution in [1.82, 2.24) is 10.6 Å². The predicted octanol–water partition coefficient (Wildman–Crippen LogP) is 1.93. The van der Waals surface area contributed by atoms with Crippen LogP contribution in [-0.2, 0) is 11.3 Å². The van der Waals surface area contributed by atoms with Crippen molar-refractivity contribution in [3.8, 4) is 11.5 Å². The molecule has 0 bridgehead atoms. The van der Waals surface area contributed by atoms with Crippen molar-refractivity contribution >= 4 is 17.3 Å². The molecule has 2 rings (SSSR count). The first kappa shape index (κ1) is 14.5. The number of thiocarbonyl (C=S) groups is 1. The third-order valence-electron chi connectivity index (χ3n) is 2.73. The Morgan fingerprint density at radius 1 is 1.35 bits per heavy atom. The van der Waals surface area contributed by atoms with Gasteiger partial charge in [0.25, 0.3) is 0 Å². The van der Waals surface area contributed by atoms with Crippen LogP contribution in [0, 0.1) is 0 Å². The first-order valence-corrected chi connectivity index (χ1v) is 6.83. The highest BCUT2D eigenvalue weighted by molar-refractivity contribution is 7.80. The fourth-order valence-electron chi connectivity index (χ4n) is 1.74. The summed E-state index contributed by atoms with van der Waals surface area (Å²) in [5, 5.41) is 6.88. The summed E-state index contributed by atoms with van der Waals surface area (Å²) in [6, 6.07) is 5.85. The molecular formula is C14H18N2O3S. The van der Waals surface area contributed by atoms with Gasteiger partial charge in [-0.25, -0.2) is 0 Å². The van der Waals surface area contributed by atoms with Crippen molar-refractivity contribution in [2.45, 2.75) is 13.0 Å². The van der Waals surface area contributed by atoms with Crippen LogP contribution >= 0.6 is 12.2 Å². The predicted molar refractivity (Wildman–Crippen MR) is 80.8 cm³/mol. The van der Waals surface area contributed by atoms with Gasteiger partial charge in [-0.05, 0) is 36.3 Å². The number of hydrogen-bond acceptors (Lipinski definition) is 4. The summed E-state index contributed by atoms with van der Waals surface area (Å²) >= 11 is 5.19. The Hall–Kier alpha value is -1.95. The summed E-state index contributed by atoms with van der Waals surface area (Å²) in [6.07, 6.45) is 2.31. The smallest absolute Gasteiger partial charge is 0.231 e. The van der Waals surface area contributed by atoms with Crippen LogP contribution in [0.15, 0.2) is 31.0 Å². The maximum atomic E-state index is 5.33. The molecule has 0 unspecified atom stereocenters. The SMILES string of the molecule is C=COCCCNC(=S)NCc1ccc2c(c1)OCO2. The van der Waals surface area contributed by atoms with Crippen LogP contribution in [0.5, 0.6) is 11.5 Å². The average Bonchev–Trinajstić information content (AvgIpc) is 2.92. The molecule has 0 saturated heterocycles. The van der Waals surface area contributed by atoms with Gasteiger partial charge >= 0.3 is 0 Å². The van der Waals surface area contributed by atoms with E-state index in [4.69, 9.17) is 26.4 Å². The summed E-state index contributed by atoms with van der Waals surface area (Å²) in [5.41, 5.74) is 1.09. The molecule has 1 aromatic carbocycles. The van der Waals surface area contributed by atoms with Crippen LogP contribution < -0.4 is 20.1 Å². The molecule has 5 nitrogen and oxygen atoms in total. The second-order valence-electron chi connectivity index (χ2n) is 4.19. The van der Waals surface area contributed by atoms with E-state index in [1.807, 2.05) is 18.2 Å². The maximum absolute atomic E-state index is 5.33. The molecule has 20 heavy (non-hydrogen) atoms. The molecule has 0 fully saturated rings. The summed E-state index contributed by atoms with van der Waals surface area (Å²) in [5.74, 6) is 1.57. The fraction of sp³-hybridized carbons (Fsp3) is 0.357. The van der Waals surface area contributed by atoms with Gasteiger partial charge in [-0.2, -0.15) is 0 Å². The molecule has 0 aliphatic carbocycles. The van der Waals surface area contributed by atoms with Crippen LogP contribution in [0.25, 0.3) is 0 Å². The van der Waals surface area contributed by atoms with E-state index < -0.39 is 0 Å². The van der Waals surface area contributed by atoms with E-state index in [0.717, 1.165) is 30.0 Å². The van der Waals surface area contributed by atoms with Crippen molar-refractivity contribution in [3.63, 3.8) is 0 Å². The topological polar surface area (TPSA) is 51.8 Å². The lowest BCUT2D eigenvalue weighted by molar-refractivity contribution is 0.174. The minimum Gasteiger partial charge on any atom is -0.502 e. The lowest BCUT2D eigenvalue weighted by Crippen LogP contribution is -2.35. The van der Waals surface area contributed by atoms with Gasteiger partial charge in [0.05, 0.1) is 12.9 Å². The largest absolute Gasteiger partial charge is 0.502 e. The third-order valence-corrected chi connectivity index (χ3v) is 3.02. The highest BCUT2D eigenvalue weighted by Gasteiger charge is 2.12. The summed E-state index contributed by atoms with van der Waals surface area (Å²) in [4.78, 5) is 0. The van der Waals surface area contributed by atoms with Gasteiger partial charge in [-0.1, -0.05) is 12.6 Å². The second kappa shape index (κ2) is 7.59. The molecular weight excluding hydrogens is 276 g/mol. The molecule has 2 N–H and O–H groups in total. The zero-order chi connectivity index (χ0) is 14.2. The van der Waals surface area contributed by atoms with E-state index in [1.165, 1.54) is 6.26 Å². The molecule has 6 heteroatoms. The minimum atomic E-state index is 0.291. The third kappa shape index (κ3) is 4.31. The highest BCUT2D eigenvalue weighted by Crippen LogP contribution is 2.32. The first-order chi connectivity index (χ1) is 9.79. The molecule has 1 aliphatic rings. The van der Waals surface area contributed by atoms with Crippen LogP contribution in [0.3, 0.4) is 0 Å². The van der Waals surface area contributed by atoms with Crippen molar-refractivity contribution < 1.29 is 14.2 Å². The molecule has 0 radical (unpaired) electrons. The average molecular weight is 294 g/mol. The molecule has 108 valence electrons. The number of fused-ring (bicyclic) bond motifs is 1. The van der Waals surface area contributed by atoms with Gasteiger partial charge in [0.15, 0.2) is 16.6 Å². The second-order valence-corrected chi connectivity index (χ2v) is 4.60. The fourth-order valence-corrected chi connectivity index (χ4v) is 1.91. The Bertz CT molecular complexity index is 479. The molecule has 1 heterocycles. The molecule has 0 spiro atoms. The number of rotatable bonds is 7. The van der Waals surface area contributed by atoms with Gasteiger partial charge in [0.2, 0.25) is 6.79 Å². The van der Waals surface area contributed by atoms with Crippen molar-refractivity contribution in [1.29, 1.82) is 0 Å². The monoisotopic (exact) mass is 294 g/mol. The Balaban J connectivity index is 1.67. The number of hydrogen-bond donors (Lipinski definition) is 2. The van der Waals surface area contributed by atoms with Crippen molar-refractivity contribution in [2.24, 2.45) is 0 Å². The zero-order valence-electron chi connectivity index (χ0n) is 11.2. The van der Waals surface area contributed by atoms with E-state index in [2.05, 4.69) is 17.2 Å². The summed E-state index contributed by atoms with van der Waals surface area (Å²) < 4.78 is 15.6. The van der Waals surface area contributed by atoms with E-state index in [9.17, 15) is 0 Å². The van der Waals surface area contributed by atoms with Gasteiger partial charge in [-0.15, -0.1) is 0 Å². The van der Waals surface area contributed by atoms with E-state index in [-0.39, 0.29) is 0 Å². The van der Waals surface area contributed by atoms with Gasteiger partial charge in [-0.3, -0.25) is 0 Å². The van der Waals surface area contributed by atoms with Crippen LogP contribution in [0.2, 0.25) is 0 Å². The molecule has 1 aromatic rings. The molecule has 1 aliphatic heterocycles. The van der Waals surface area contributed by atoms with Crippen molar-refractivity contribution in [2.75, 3.05) is 19.9 Å². The first-order valence-electron chi connectivity index (χ1n) is 6.42. The number of nitrogens with one attached hydrogen (secondary N) is 2. The lowest BCUT2D eigenvalue weighted by atomic mass is 10.2. The normalized spacial score (nSPS) is 11.8. The number of ether oxygens (including phenoxy) is 3. The van der Waals surface area contributed by atoms with Crippen molar-refractivity contribution in [3.05, 3.63) is 36.6 Å². The molecule has 0 atom stereocenters. The minimum absolute atomic E-state index is 0.291. The molecule has 0 aromatic heterocycles. The van der Waals surface area contributed by atoms with E-state index in [1.54, 1.807) is 0 Å². The Labute approximate surface area is 123 Å². The van der Waals surface area contributed by atoms with Gasteiger partial charge < -0.3 is 24.8 Å². The number of benzene rings is 1.